The van der Waals surface area contributed by atoms with Crippen LogP contribution in [0.2, 0.25) is 0 Å². The molecular weight excluding hydrogens is 256 g/mol. The topological polar surface area (TPSA) is 24.5 Å². The molecule has 1 atom stereocenters. The van der Waals surface area contributed by atoms with Gasteiger partial charge in [-0.15, -0.1) is 11.3 Å². The Balaban J connectivity index is 1.54. The summed E-state index contributed by atoms with van der Waals surface area (Å²) in [6.07, 6.45) is 4.25. The van der Waals surface area contributed by atoms with E-state index in [2.05, 4.69) is 36.3 Å². The molecule has 108 valence electrons. The Labute approximate surface area is 121 Å². The summed E-state index contributed by atoms with van der Waals surface area (Å²) in [6, 6.07) is 4.40. The minimum absolute atomic E-state index is 0.457. The average Bonchev–Trinajstić information content (AvgIpc) is 2.82. The van der Waals surface area contributed by atoms with E-state index in [1.165, 1.54) is 29.0 Å². The molecule has 19 heavy (non-hydrogen) atoms. The fraction of sp³-hybridized carbons (Fsp3) is 0.733. The lowest BCUT2D eigenvalue weighted by Crippen LogP contribution is -2.36. The molecule has 0 saturated carbocycles. The summed E-state index contributed by atoms with van der Waals surface area (Å²) < 4.78 is 5.77. The van der Waals surface area contributed by atoms with Gasteiger partial charge in [-0.3, -0.25) is 0 Å². The van der Waals surface area contributed by atoms with E-state index in [9.17, 15) is 0 Å². The molecule has 0 aromatic carbocycles. The van der Waals surface area contributed by atoms with Crippen LogP contribution < -0.4 is 5.32 Å². The van der Waals surface area contributed by atoms with Crippen molar-refractivity contribution in [1.82, 2.24) is 10.2 Å². The molecule has 4 heteroatoms. The Morgan fingerprint density at radius 2 is 2.32 bits per heavy atom. The highest BCUT2D eigenvalue weighted by Crippen LogP contribution is 2.14. The highest BCUT2D eigenvalue weighted by molar-refractivity contribution is 7.11. The van der Waals surface area contributed by atoms with Crippen LogP contribution in [-0.2, 0) is 11.3 Å². The van der Waals surface area contributed by atoms with Gasteiger partial charge in [-0.25, -0.2) is 0 Å². The molecule has 1 aromatic heterocycles. The number of nitrogens with one attached hydrogen (secondary N) is 1. The number of thiophene rings is 1. The molecule has 0 spiro atoms. The predicted octanol–water partition coefficient (Wildman–Crippen LogP) is 2.65. The van der Waals surface area contributed by atoms with Gasteiger partial charge < -0.3 is 15.0 Å². The number of ether oxygens (including phenoxy) is 1. The van der Waals surface area contributed by atoms with E-state index in [-0.39, 0.29) is 0 Å². The summed E-state index contributed by atoms with van der Waals surface area (Å²) >= 11 is 1.88. The number of aryl methyl sites for hydroxylation is 1. The third-order valence-electron chi connectivity index (χ3n) is 3.55. The second-order valence-corrected chi connectivity index (χ2v) is 6.81. The minimum atomic E-state index is 0.457. The van der Waals surface area contributed by atoms with Crippen molar-refractivity contribution in [2.45, 2.75) is 38.8 Å². The quantitative estimate of drug-likeness (QED) is 0.778. The van der Waals surface area contributed by atoms with Gasteiger partial charge in [0.2, 0.25) is 0 Å². The Bertz CT molecular complexity index is 361. The first-order chi connectivity index (χ1) is 9.24. The van der Waals surface area contributed by atoms with Crippen LogP contribution in [0.3, 0.4) is 0 Å². The van der Waals surface area contributed by atoms with E-state index in [1.54, 1.807) is 0 Å². The molecule has 1 aromatic rings. The first-order valence-corrected chi connectivity index (χ1v) is 8.12. The zero-order valence-corrected chi connectivity index (χ0v) is 13.0. The van der Waals surface area contributed by atoms with Crippen LogP contribution in [0.25, 0.3) is 0 Å². The molecule has 1 aliphatic rings. The number of nitrogens with zero attached hydrogens (tertiary/aromatic N) is 1. The number of likely N-dealkylation sites (N-methyl/N-ethyl adjacent to an activating group) is 1. The Hall–Kier alpha value is -0.420. The second-order valence-electron chi connectivity index (χ2n) is 5.44. The zero-order valence-electron chi connectivity index (χ0n) is 12.2. The molecule has 2 heterocycles. The molecule has 0 radical (unpaired) electrons. The van der Waals surface area contributed by atoms with Gasteiger partial charge in [-0.2, -0.15) is 0 Å². The van der Waals surface area contributed by atoms with Crippen LogP contribution >= 0.6 is 11.3 Å². The monoisotopic (exact) mass is 282 g/mol. The third kappa shape index (κ3) is 5.61. The van der Waals surface area contributed by atoms with Gasteiger partial charge in [0, 0.05) is 42.5 Å². The maximum absolute atomic E-state index is 5.77. The Morgan fingerprint density at radius 1 is 1.42 bits per heavy atom. The highest BCUT2D eigenvalue weighted by Gasteiger charge is 2.15. The molecule has 0 aliphatic carbocycles. The summed E-state index contributed by atoms with van der Waals surface area (Å²) in [5.74, 6) is 0. The smallest absolute Gasteiger partial charge is 0.0701 e. The van der Waals surface area contributed by atoms with Crippen LogP contribution in [0.1, 0.15) is 29.0 Å². The van der Waals surface area contributed by atoms with Crippen molar-refractivity contribution in [1.29, 1.82) is 0 Å². The maximum atomic E-state index is 5.77. The van der Waals surface area contributed by atoms with Gasteiger partial charge in [-0.05, 0) is 45.4 Å². The van der Waals surface area contributed by atoms with Crippen molar-refractivity contribution in [3.63, 3.8) is 0 Å². The van der Waals surface area contributed by atoms with E-state index in [1.807, 2.05) is 11.3 Å². The SMILES string of the molecule is Cc1ccc(CNCCN(C)CC2CCCCO2)s1. The summed E-state index contributed by atoms with van der Waals surface area (Å²) in [6.45, 7) is 7.30. The van der Waals surface area contributed by atoms with Crippen molar-refractivity contribution in [3.05, 3.63) is 21.9 Å². The fourth-order valence-corrected chi connectivity index (χ4v) is 3.31. The number of hydrogen-bond acceptors (Lipinski definition) is 4. The lowest BCUT2D eigenvalue weighted by Gasteiger charge is -2.27. The van der Waals surface area contributed by atoms with Crippen LogP contribution in [0.15, 0.2) is 12.1 Å². The van der Waals surface area contributed by atoms with Crippen molar-refractivity contribution in [2.75, 3.05) is 33.3 Å². The van der Waals surface area contributed by atoms with Crippen molar-refractivity contribution in [3.8, 4) is 0 Å². The van der Waals surface area contributed by atoms with Crippen molar-refractivity contribution in [2.24, 2.45) is 0 Å². The van der Waals surface area contributed by atoms with E-state index >= 15 is 0 Å². The van der Waals surface area contributed by atoms with Crippen LogP contribution in [0.4, 0.5) is 0 Å². The standard InChI is InChI=1S/C15H26N2OS/c1-13-6-7-15(19-13)11-16-8-9-17(2)12-14-5-3-4-10-18-14/h6-7,14,16H,3-5,8-12H2,1-2H3. The minimum Gasteiger partial charge on any atom is -0.377 e. The molecule has 0 amide bonds. The molecule has 3 nitrogen and oxygen atoms in total. The first-order valence-electron chi connectivity index (χ1n) is 7.30. The van der Waals surface area contributed by atoms with Crippen LogP contribution in [-0.4, -0.2) is 44.3 Å². The van der Waals surface area contributed by atoms with E-state index in [4.69, 9.17) is 4.74 Å². The molecule has 1 N–H and O–H groups in total. The van der Waals surface area contributed by atoms with Crippen LogP contribution in [0.5, 0.6) is 0 Å². The number of rotatable bonds is 7. The average molecular weight is 282 g/mol. The van der Waals surface area contributed by atoms with Gasteiger partial charge in [0.25, 0.3) is 0 Å². The summed E-state index contributed by atoms with van der Waals surface area (Å²) in [5, 5.41) is 3.51. The largest absolute Gasteiger partial charge is 0.377 e. The molecule has 1 fully saturated rings. The molecule has 0 bridgehead atoms. The highest BCUT2D eigenvalue weighted by atomic mass is 32.1. The molecule has 1 aliphatic heterocycles. The first kappa shape index (κ1) is 15.0. The normalized spacial score (nSPS) is 20.1. The molecule has 1 unspecified atom stereocenters. The van der Waals surface area contributed by atoms with Crippen LogP contribution in [0, 0.1) is 6.92 Å². The maximum Gasteiger partial charge on any atom is 0.0701 e. The fourth-order valence-electron chi connectivity index (χ4n) is 2.45. The molecule has 2 rings (SSSR count). The van der Waals surface area contributed by atoms with E-state index < -0.39 is 0 Å². The Morgan fingerprint density at radius 3 is 3.00 bits per heavy atom. The second kappa shape index (κ2) is 8.00. The molecular formula is C15H26N2OS. The van der Waals surface area contributed by atoms with Gasteiger partial charge in [0.1, 0.15) is 0 Å². The van der Waals surface area contributed by atoms with E-state index in [0.29, 0.717) is 6.10 Å². The van der Waals surface area contributed by atoms with Crippen molar-refractivity contribution >= 4 is 11.3 Å². The summed E-state index contributed by atoms with van der Waals surface area (Å²) in [4.78, 5) is 5.20. The third-order valence-corrected chi connectivity index (χ3v) is 4.56. The predicted molar refractivity (Wildman–Crippen MR) is 81.9 cm³/mol. The van der Waals surface area contributed by atoms with Gasteiger partial charge in [0.05, 0.1) is 6.10 Å². The lowest BCUT2D eigenvalue weighted by atomic mass is 10.1. The van der Waals surface area contributed by atoms with Gasteiger partial charge in [0.15, 0.2) is 0 Å². The Kier molecular flexibility index (Phi) is 6.31. The molecule has 1 saturated heterocycles. The van der Waals surface area contributed by atoms with Gasteiger partial charge >= 0.3 is 0 Å². The zero-order chi connectivity index (χ0) is 13.5. The van der Waals surface area contributed by atoms with Crippen molar-refractivity contribution < 1.29 is 4.74 Å². The lowest BCUT2D eigenvalue weighted by molar-refractivity contribution is -0.00123. The number of hydrogen-bond donors (Lipinski definition) is 1. The summed E-state index contributed by atoms with van der Waals surface area (Å²) in [7, 11) is 2.19. The van der Waals surface area contributed by atoms with Gasteiger partial charge in [-0.1, -0.05) is 0 Å². The van der Waals surface area contributed by atoms with E-state index in [0.717, 1.165) is 32.8 Å². The summed E-state index contributed by atoms with van der Waals surface area (Å²) in [5.41, 5.74) is 0.